The Morgan fingerprint density at radius 1 is 1.21 bits per heavy atom. The van der Waals surface area contributed by atoms with E-state index < -0.39 is 52.2 Å². The molecule has 2 aromatic rings. The number of aliphatic hydroxyl groups excluding tert-OH is 2. The van der Waals surface area contributed by atoms with Gasteiger partial charge in [0, 0.05) is 5.92 Å². The van der Waals surface area contributed by atoms with Crippen molar-refractivity contribution in [1.82, 2.24) is 0 Å². The fraction of sp³-hybridized carbons (Fsp3) is 0.250. The predicted molar refractivity (Wildman–Crippen MR) is 98.4 cm³/mol. The Labute approximate surface area is 163 Å². The lowest BCUT2D eigenvalue weighted by atomic mass is 9.62. The molecular weight excluding hydrogens is 382 g/mol. The van der Waals surface area contributed by atoms with E-state index in [9.17, 15) is 39.9 Å². The van der Waals surface area contributed by atoms with E-state index in [-0.39, 0.29) is 28.7 Å². The normalized spacial score (nSPS) is 26.4. The van der Waals surface area contributed by atoms with Crippen molar-refractivity contribution < 1.29 is 39.9 Å². The minimum atomic E-state index is -2.84. The van der Waals surface area contributed by atoms with Gasteiger partial charge < -0.3 is 31.3 Å². The van der Waals surface area contributed by atoms with Gasteiger partial charge in [-0.1, -0.05) is 12.1 Å². The lowest BCUT2D eigenvalue weighted by molar-refractivity contribution is -0.138. The van der Waals surface area contributed by atoms with Crippen LogP contribution in [0.3, 0.4) is 0 Å². The van der Waals surface area contributed by atoms with Crippen LogP contribution in [-0.4, -0.2) is 54.7 Å². The number of rotatable bonds is 1. The maximum absolute atomic E-state index is 13.3. The summed E-state index contributed by atoms with van der Waals surface area (Å²) < 4.78 is 0. The number of benzene rings is 2. The lowest BCUT2D eigenvalue weighted by Crippen LogP contribution is -2.61. The molecule has 2 aromatic carbocycles. The minimum Gasteiger partial charge on any atom is -0.508 e. The Kier molecular flexibility index (Phi) is 3.77. The molecule has 0 saturated heterocycles. The molecule has 1 amide bonds. The molecule has 0 saturated carbocycles. The van der Waals surface area contributed by atoms with Gasteiger partial charge in [0.2, 0.25) is 11.6 Å². The third kappa shape index (κ3) is 2.13. The number of phenols is 2. The number of phenolic OH excluding ortho intramolecular Hbond substituents is 2. The second-order valence-electron chi connectivity index (χ2n) is 7.33. The molecule has 0 bridgehead atoms. The molecule has 7 N–H and O–H groups in total. The van der Waals surface area contributed by atoms with E-state index >= 15 is 0 Å². The largest absolute Gasteiger partial charge is 0.508 e. The van der Waals surface area contributed by atoms with Crippen LogP contribution >= 0.6 is 0 Å². The molecular formula is C20H17NO8. The zero-order chi connectivity index (χ0) is 21.4. The van der Waals surface area contributed by atoms with Gasteiger partial charge in [0.25, 0.3) is 5.91 Å². The van der Waals surface area contributed by atoms with Gasteiger partial charge in [-0.25, -0.2) is 0 Å². The van der Waals surface area contributed by atoms with Crippen molar-refractivity contribution in [1.29, 1.82) is 0 Å². The van der Waals surface area contributed by atoms with Crippen molar-refractivity contribution in [2.45, 2.75) is 25.0 Å². The number of carbonyl (C=O) groups excluding carboxylic acids is 3. The smallest absolute Gasteiger partial charge is 0.255 e. The zero-order valence-electron chi connectivity index (χ0n) is 15.1. The van der Waals surface area contributed by atoms with Crippen LogP contribution in [0.4, 0.5) is 0 Å². The molecule has 2 aliphatic carbocycles. The number of carbonyl (C=O) groups is 3. The first-order valence-electron chi connectivity index (χ1n) is 8.72. The molecule has 0 aromatic heterocycles. The summed E-state index contributed by atoms with van der Waals surface area (Å²) in [5.41, 5.74) is 1.56. The lowest BCUT2D eigenvalue weighted by Gasteiger charge is -2.44. The number of Topliss-reactive ketones (excluding diaryl/α,β-unsaturated/α-hetero) is 2. The Morgan fingerprint density at radius 3 is 2.48 bits per heavy atom. The highest BCUT2D eigenvalue weighted by Gasteiger charge is 2.61. The maximum atomic E-state index is 13.3. The number of primary amides is 1. The van der Waals surface area contributed by atoms with Crippen LogP contribution in [0.2, 0.25) is 0 Å². The molecule has 0 heterocycles. The van der Waals surface area contributed by atoms with Crippen LogP contribution < -0.4 is 5.73 Å². The van der Waals surface area contributed by atoms with Gasteiger partial charge in [0.05, 0.1) is 10.9 Å². The van der Waals surface area contributed by atoms with Crippen molar-refractivity contribution in [3.05, 3.63) is 46.2 Å². The zero-order valence-corrected chi connectivity index (χ0v) is 15.1. The van der Waals surface area contributed by atoms with Crippen LogP contribution in [0.15, 0.2) is 29.5 Å². The quantitative estimate of drug-likeness (QED) is 0.359. The first-order valence-corrected chi connectivity index (χ1v) is 8.72. The van der Waals surface area contributed by atoms with E-state index in [1.54, 1.807) is 19.1 Å². The Balaban J connectivity index is 2.10. The molecule has 0 fully saturated rings. The van der Waals surface area contributed by atoms with Crippen LogP contribution in [0.5, 0.6) is 11.5 Å². The molecule has 1 unspecified atom stereocenters. The van der Waals surface area contributed by atoms with E-state index in [4.69, 9.17) is 5.73 Å². The summed E-state index contributed by atoms with van der Waals surface area (Å²) in [7, 11) is 0. The third-order valence-electron chi connectivity index (χ3n) is 5.95. The Bertz CT molecular complexity index is 1180. The van der Waals surface area contributed by atoms with E-state index in [0.29, 0.717) is 10.9 Å². The van der Waals surface area contributed by atoms with Crippen LogP contribution in [0, 0.1) is 12.8 Å². The number of hydrogen-bond acceptors (Lipinski definition) is 8. The molecule has 9 heteroatoms. The van der Waals surface area contributed by atoms with Crippen molar-refractivity contribution in [3.63, 3.8) is 0 Å². The van der Waals surface area contributed by atoms with Gasteiger partial charge in [-0.05, 0) is 35.9 Å². The van der Waals surface area contributed by atoms with E-state index in [1.165, 1.54) is 6.07 Å². The Morgan fingerprint density at radius 2 is 1.86 bits per heavy atom. The number of nitrogens with two attached hydrogens (primary N) is 1. The topological polar surface area (TPSA) is 178 Å². The highest BCUT2D eigenvalue weighted by molar-refractivity contribution is 6.24. The number of aromatic hydroxyl groups is 2. The SMILES string of the molecule is Cc1c2c(c(O)c3c(O)cccc13)C(=O)[C@]1(O)C(O)=C(C(N)=O)C(=O)C(O)[C@@H]1C2. The van der Waals surface area contributed by atoms with Crippen LogP contribution in [-0.2, 0) is 16.0 Å². The summed E-state index contributed by atoms with van der Waals surface area (Å²) in [6.45, 7) is 1.62. The summed E-state index contributed by atoms with van der Waals surface area (Å²) in [6.07, 6.45) is -2.23. The first kappa shape index (κ1) is 18.9. The summed E-state index contributed by atoms with van der Waals surface area (Å²) in [5, 5.41) is 53.3. The monoisotopic (exact) mass is 399 g/mol. The standard InChI is InChI=1S/C20H17NO8/c1-6-7-3-2-4-10(22)11(7)15(24)12-8(6)5-9-14(23)16(25)13(19(21)28)18(27)20(9,29)17(12)26/h2-4,9,14,22-24,27,29H,5H2,1H3,(H2,21,28)/t9-,14?,20-/m0/s1. The number of ketones is 2. The van der Waals surface area contributed by atoms with Gasteiger partial charge in [-0.15, -0.1) is 0 Å². The predicted octanol–water partition coefficient (Wildman–Crippen LogP) is -0.113. The fourth-order valence-electron chi connectivity index (χ4n) is 4.45. The van der Waals surface area contributed by atoms with Crippen LogP contribution in [0.25, 0.3) is 10.8 Å². The highest BCUT2D eigenvalue weighted by Crippen LogP contribution is 2.50. The van der Waals surface area contributed by atoms with Crippen molar-refractivity contribution in [3.8, 4) is 11.5 Å². The van der Waals surface area contributed by atoms with Crippen molar-refractivity contribution in [2.24, 2.45) is 11.7 Å². The summed E-state index contributed by atoms with van der Waals surface area (Å²) in [6, 6.07) is 4.47. The summed E-state index contributed by atoms with van der Waals surface area (Å²) in [4.78, 5) is 37.2. The molecule has 29 heavy (non-hydrogen) atoms. The third-order valence-corrected chi connectivity index (χ3v) is 5.95. The van der Waals surface area contributed by atoms with Crippen molar-refractivity contribution in [2.75, 3.05) is 0 Å². The average molecular weight is 399 g/mol. The molecule has 150 valence electrons. The molecule has 9 nitrogen and oxygen atoms in total. The first-order chi connectivity index (χ1) is 13.5. The van der Waals surface area contributed by atoms with Gasteiger partial charge in [-0.3, -0.25) is 14.4 Å². The second-order valence-corrected chi connectivity index (χ2v) is 7.33. The van der Waals surface area contributed by atoms with Gasteiger partial charge >= 0.3 is 0 Å². The number of hydrogen-bond donors (Lipinski definition) is 6. The van der Waals surface area contributed by atoms with E-state index in [0.717, 1.165) is 0 Å². The molecule has 0 radical (unpaired) electrons. The molecule has 0 aliphatic heterocycles. The number of aryl methyl sites for hydroxylation is 1. The maximum Gasteiger partial charge on any atom is 0.255 e. The summed E-state index contributed by atoms with van der Waals surface area (Å²) in [5.74, 6) is -7.48. The van der Waals surface area contributed by atoms with Gasteiger partial charge in [0.15, 0.2) is 5.60 Å². The fourth-order valence-corrected chi connectivity index (χ4v) is 4.45. The van der Waals surface area contributed by atoms with Crippen molar-refractivity contribution >= 4 is 28.2 Å². The van der Waals surface area contributed by atoms with Crippen LogP contribution in [0.1, 0.15) is 21.5 Å². The van der Waals surface area contributed by atoms with Gasteiger partial charge in [-0.2, -0.15) is 0 Å². The molecule has 0 spiro atoms. The van der Waals surface area contributed by atoms with E-state index in [2.05, 4.69) is 0 Å². The highest BCUT2D eigenvalue weighted by atomic mass is 16.4. The molecule has 4 rings (SSSR count). The van der Waals surface area contributed by atoms with E-state index in [1.807, 2.05) is 0 Å². The van der Waals surface area contributed by atoms with Gasteiger partial charge in [0.1, 0.15) is 28.9 Å². The number of aliphatic hydroxyl groups is 3. The number of fused-ring (bicyclic) bond motifs is 3. The molecule has 2 aliphatic rings. The second kappa shape index (κ2) is 5.79. The Hall–Kier alpha value is -3.43. The molecule has 3 atom stereocenters. The minimum absolute atomic E-state index is 0.0230. The number of amides is 1. The summed E-state index contributed by atoms with van der Waals surface area (Å²) >= 11 is 0. The average Bonchev–Trinajstić information content (AvgIpc) is 2.66.